The summed E-state index contributed by atoms with van der Waals surface area (Å²) in [4.78, 5) is 19.1. The van der Waals surface area contributed by atoms with E-state index >= 15 is 0 Å². The van der Waals surface area contributed by atoms with Crippen LogP contribution in [0.3, 0.4) is 0 Å². The Morgan fingerprint density at radius 3 is 3.07 bits per heavy atom. The van der Waals surface area contributed by atoms with E-state index in [2.05, 4.69) is 9.97 Å². The van der Waals surface area contributed by atoms with Gasteiger partial charge in [-0.25, -0.2) is 14.8 Å². The Bertz CT molecular complexity index is 383. The number of carbonyl (C=O) groups is 1. The monoisotopic (exact) mass is 197 g/mol. The first-order valence-corrected chi connectivity index (χ1v) is 4.14. The SMILES string of the molecule is O=C(O)N1CCc2c(F)ncnc2C1. The highest BCUT2D eigenvalue weighted by atomic mass is 19.1. The van der Waals surface area contributed by atoms with Crippen molar-refractivity contribution in [3.8, 4) is 0 Å². The maximum absolute atomic E-state index is 13.1. The molecule has 0 radical (unpaired) electrons. The maximum Gasteiger partial charge on any atom is 0.407 e. The van der Waals surface area contributed by atoms with Gasteiger partial charge in [0.15, 0.2) is 0 Å². The van der Waals surface area contributed by atoms with Crippen molar-refractivity contribution in [3.05, 3.63) is 23.5 Å². The second-order valence-electron chi connectivity index (χ2n) is 3.04. The van der Waals surface area contributed by atoms with Crippen LogP contribution in [0.5, 0.6) is 0 Å². The summed E-state index contributed by atoms with van der Waals surface area (Å²) in [5.74, 6) is -0.542. The van der Waals surface area contributed by atoms with Gasteiger partial charge >= 0.3 is 6.09 Å². The number of amides is 1. The Balaban J connectivity index is 2.31. The van der Waals surface area contributed by atoms with Crippen molar-refractivity contribution in [3.63, 3.8) is 0 Å². The summed E-state index contributed by atoms with van der Waals surface area (Å²) in [5, 5.41) is 8.72. The van der Waals surface area contributed by atoms with E-state index in [-0.39, 0.29) is 6.54 Å². The van der Waals surface area contributed by atoms with Gasteiger partial charge in [-0.1, -0.05) is 0 Å². The first kappa shape index (κ1) is 8.86. The molecule has 0 aromatic carbocycles. The van der Waals surface area contributed by atoms with Gasteiger partial charge in [0, 0.05) is 12.1 Å². The van der Waals surface area contributed by atoms with Crippen molar-refractivity contribution >= 4 is 6.09 Å². The zero-order valence-electron chi connectivity index (χ0n) is 7.27. The molecule has 0 saturated carbocycles. The second-order valence-corrected chi connectivity index (χ2v) is 3.04. The molecule has 2 heterocycles. The molecule has 0 aliphatic carbocycles. The molecule has 0 fully saturated rings. The largest absolute Gasteiger partial charge is 0.465 e. The third-order valence-corrected chi connectivity index (χ3v) is 2.22. The smallest absolute Gasteiger partial charge is 0.407 e. The van der Waals surface area contributed by atoms with Gasteiger partial charge in [0.2, 0.25) is 5.95 Å². The van der Waals surface area contributed by atoms with E-state index in [9.17, 15) is 9.18 Å². The highest BCUT2D eigenvalue weighted by Crippen LogP contribution is 2.17. The van der Waals surface area contributed by atoms with Crippen LogP contribution >= 0.6 is 0 Å². The Hall–Kier alpha value is -1.72. The van der Waals surface area contributed by atoms with E-state index in [1.54, 1.807) is 0 Å². The van der Waals surface area contributed by atoms with Gasteiger partial charge in [0.25, 0.3) is 0 Å². The fourth-order valence-corrected chi connectivity index (χ4v) is 1.48. The predicted octanol–water partition coefficient (Wildman–Crippen LogP) is 0.652. The standard InChI is InChI=1S/C8H8FN3O2/c9-7-5-1-2-12(8(13)14)3-6(5)10-4-11-7/h4H,1-3H2,(H,13,14). The van der Waals surface area contributed by atoms with Crippen LogP contribution in [0.25, 0.3) is 0 Å². The fourth-order valence-electron chi connectivity index (χ4n) is 1.48. The van der Waals surface area contributed by atoms with Gasteiger partial charge in [-0.3, -0.25) is 0 Å². The third kappa shape index (κ3) is 1.39. The normalized spacial score (nSPS) is 15.1. The minimum atomic E-state index is -1.00. The summed E-state index contributed by atoms with van der Waals surface area (Å²) in [6, 6.07) is 0. The number of rotatable bonds is 0. The lowest BCUT2D eigenvalue weighted by molar-refractivity contribution is 0.138. The molecule has 1 aromatic heterocycles. The number of nitrogens with zero attached hydrogens (tertiary/aromatic N) is 3. The average Bonchev–Trinajstić information content (AvgIpc) is 2.17. The summed E-state index contributed by atoms with van der Waals surface area (Å²) >= 11 is 0. The molecular weight excluding hydrogens is 189 g/mol. The lowest BCUT2D eigenvalue weighted by Crippen LogP contribution is -2.35. The van der Waals surface area contributed by atoms with Crippen LogP contribution in [0.4, 0.5) is 9.18 Å². The van der Waals surface area contributed by atoms with Crippen LogP contribution in [0.1, 0.15) is 11.3 Å². The number of aromatic nitrogens is 2. The van der Waals surface area contributed by atoms with Crippen molar-refractivity contribution in [1.29, 1.82) is 0 Å². The molecule has 0 saturated heterocycles. The molecule has 0 atom stereocenters. The highest BCUT2D eigenvalue weighted by molar-refractivity contribution is 5.65. The zero-order valence-corrected chi connectivity index (χ0v) is 7.27. The van der Waals surface area contributed by atoms with E-state index in [1.165, 1.54) is 4.90 Å². The Morgan fingerprint density at radius 2 is 2.36 bits per heavy atom. The molecule has 1 aliphatic heterocycles. The molecule has 0 unspecified atom stereocenters. The third-order valence-electron chi connectivity index (χ3n) is 2.22. The van der Waals surface area contributed by atoms with Crippen LogP contribution in [-0.2, 0) is 13.0 Å². The molecule has 2 rings (SSSR count). The number of fused-ring (bicyclic) bond motifs is 1. The quantitative estimate of drug-likeness (QED) is 0.620. The van der Waals surface area contributed by atoms with Crippen molar-refractivity contribution in [1.82, 2.24) is 14.9 Å². The molecule has 74 valence electrons. The predicted molar refractivity (Wildman–Crippen MR) is 44.1 cm³/mol. The number of hydrogen-bond donors (Lipinski definition) is 1. The summed E-state index contributed by atoms with van der Waals surface area (Å²) in [6.45, 7) is 0.441. The lowest BCUT2D eigenvalue weighted by Gasteiger charge is -2.24. The Kier molecular flexibility index (Phi) is 2.03. The van der Waals surface area contributed by atoms with Crippen molar-refractivity contribution in [2.24, 2.45) is 0 Å². The molecule has 0 spiro atoms. The zero-order chi connectivity index (χ0) is 10.1. The molecule has 0 bridgehead atoms. The summed E-state index contributed by atoms with van der Waals surface area (Å²) in [6.07, 6.45) is 0.447. The minimum absolute atomic E-state index is 0.143. The first-order chi connectivity index (χ1) is 6.68. The number of halogens is 1. The molecule has 5 nitrogen and oxygen atoms in total. The maximum atomic E-state index is 13.1. The average molecular weight is 197 g/mol. The van der Waals surface area contributed by atoms with Crippen LogP contribution < -0.4 is 0 Å². The Labute approximate surface area is 79.2 Å². The summed E-state index contributed by atoms with van der Waals surface area (Å²) in [5.41, 5.74) is 0.899. The lowest BCUT2D eigenvalue weighted by atomic mass is 10.1. The number of hydrogen-bond acceptors (Lipinski definition) is 3. The molecule has 6 heteroatoms. The summed E-state index contributed by atoms with van der Waals surface area (Å²) < 4.78 is 13.1. The van der Waals surface area contributed by atoms with Gasteiger partial charge in [-0.15, -0.1) is 0 Å². The highest BCUT2D eigenvalue weighted by Gasteiger charge is 2.23. The van der Waals surface area contributed by atoms with Gasteiger partial charge < -0.3 is 10.0 Å². The van der Waals surface area contributed by atoms with Gasteiger partial charge in [-0.2, -0.15) is 4.39 Å². The fraction of sp³-hybridized carbons (Fsp3) is 0.375. The molecule has 14 heavy (non-hydrogen) atoms. The molecule has 1 N–H and O–H groups in total. The second kappa shape index (κ2) is 3.21. The van der Waals surface area contributed by atoms with Gasteiger partial charge in [0.05, 0.1) is 12.2 Å². The van der Waals surface area contributed by atoms with Crippen molar-refractivity contribution in [2.75, 3.05) is 6.54 Å². The van der Waals surface area contributed by atoms with Gasteiger partial charge in [0.1, 0.15) is 6.33 Å². The molecule has 1 aliphatic rings. The van der Waals surface area contributed by atoms with E-state index in [1.807, 2.05) is 0 Å². The number of carboxylic acid groups (broad SMARTS) is 1. The summed E-state index contributed by atoms with van der Waals surface area (Å²) in [7, 11) is 0. The molecular formula is C8H8FN3O2. The van der Waals surface area contributed by atoms with Crippen LogP contribution in [0.15, 0.2) is 6.33 Å². The van der Waals surface area contributed by atoms with E-state index in [4.69, 9.17) is 5.11 Å². The Morgan fingerprint density at radius 1 is 1.57 bits per heavy atom. The first-order valence-electron chi connectivity index (χ1n) is 4.14. The van der Waals surface area contributed by atoms with E-state index < -0.39 is 12.0 Å². The van der Waals surface area contributed by atoms with E-state index in [0.717, 1.165) is 6.33 Å². The van der Waals surface area contributed by atoms with Crippen molar-refractivity contribution < 1.29 is 14.3 Å². The molecule has 1 amide bonds. The van der Waals surface area contributed by atoms with Crippen LogP contribution in [0.2, 0.25) is 0 Å². The molecule has 1 aromatic rings. The van der Waals surface area contributed by atoms with E-state index in [0.29, 0.717) is 24.2 Å². The van der Waals surface area contributed by atoms with Gasteiger partial charge in [-0.05, 0) is 6.42 Å². The minimum Gasteiger partial charge on any atom is -0.465 e. The van der Waals surface area contributed by atoms with Crippen LogP contribution in [-0.4, -0.2) is 32.6 Å². The topological polar surface area (TPSA) is 66.3 Å². The van der Waals surface area contributed by atoms with Crippen LogP contribution in [0, 0.1) is 5.95 Å². The van der Waals surface area contributed by atoms with Crippen molar-refractivity contribution in [2.45, 2.75) is 13.0 Å².